The molecular formula is C14H16BrNO3S2. The maximum absolute atomic E-state index is 12.5. The first kappa shape index (κ1) is 16.6. The number of hydrogen-bond donors (Lipinski definition) is 1. The van der Waals surface area contributed by atoms with Crippen LogP contribution < -0.4 is 0 Å². The second kappa shape index (κ2) is 6.58. The Labute approximate surface area is 137 Å². The van der Waals surface area contributed by atoms with Crippen LogP contribution in [0.25, 0.3) is 0 Å². The van der Waals surface area contributed by atoms with Crippen molar-refractivity contribution in [3.8, 4) is 0 Å². The second-order valence-electron chi connectivity index (χ2n) is 4.72. The molecule has 0 aliphatic carbocycles. The van der Waals surface area contributed by atoms with Gasteiger partial charge in [-0.2, -0.15) is 4.31 Å². The Morgan fingerprint density at radius 1 is 1.29 bits per heavy atom. The molecule has 0 saturated heterocycles. The van der Waals surface area contributed by atoms with Crippen LogP contribution in [0.3, 0.4) is 0 Å². The number of aryl methyl sites for hydroxylation is 1. The van der Waals surface area contributed by atoms with Crippen LogP contribution in [0.2, 0.25) is 0 Å². The number of thiophene rings is 1. The van der Waals surface area contributed by atoms with Gasteiger partial charge in [0.2, 0.25) is 0 Å². The fraction of sp³-hybridized carbons (Fsp3) is 0.286. The van der Waals surface area contributed by atoms with Crippen molar-refractivity contribution in [2.75, 3.05) is 7.05 Å². The Hall–Kier alpha value is -0.730. The molecule has 2 aromatic rings. The summed E-state index contributed by atoms with van der Waals surface area (Å²) >= 11 is 4.47. The van der Waals surface area contributed by atoms with Gasteiger partial charge in [-0.05, 0) is 36.2 Å². The fourth-order valence-corrected chi connectivity index (χ4v) is 4.94. The van der Waals surface area contributed by atoms with E-state index in [1.165, 1.54) is 4.31 Å². The summed E-state index contributed by atoms with van der Waals surface area (Å²) in [6.07, 6.45) is 0. The van der Waals surface area contributed by atoms with E-state index in [0.717, 1.165) is 26.9 Å². The summed E-state index contributed by atoms with van der Waals surface area (Å²) in [5.41, 5.74) is 1.72. The van der Waals surface area contributed by atoms with Gasteiger partial charge in [0.05, 0.1) is 6.61 Å². The molecule has 0 bridgehead atoms. The highest BCUT2D eigenvalue weighted by molar-refractivity contribution is 9.10. The fourth-order valence-electron chi connectivity index (χ4n) is 1.86. The molecule has 2 rings (SSSR count). The zero-order valence-electron chi connectivity index (χ0n) is 11.7. The summed E-state index contributed by atoms with van der Waals surface area (Å²) in [5, 5.41) is 9.19. The molecular weight excluding hydrogens is 374 g/mol. The van der Waals surface area contributed by atoms with Crippen molar-refractivity contribution >= 4 is 37.3 Å². The predicted octanol–water partition coefficient (Wildman–Crippen LogP) is 3.13. The van der Waals surface area contributed by atoms with Gasteiger partial charge in [-0.15, -0.1) is 11.3 Å². The predicted molar refractivity (Wildman–Crippen MR) is 87.8 cm³/mol. The molecule has 1 heterocycles. The minimum absolute atomic E-state index is 0.136. The first-order valence-corrected chi connectivity index (χ1v) is 9.30. The molecule has 114 valence electrons. The number of aliphatic hydroxyl groups excluding tert-OH is 1. The molecule has 0 saturated carbocycles. The quantitative estimate of drug-likeness (QED) is 0.854. The molecule has 1 aromatic heterocycles. The van der Waals surface area contributed by atoms with Crippen molar-refractivity contribution in [3.05, 3.63) is 50.8 Å². The summed E-state index contributed by atoms with van der Waals surface area (Å²) in [6, 6.07) is 9.15. The minimum atomic E-state index is -3.53. The monoisotopic (exact) mass is 389 g/mol. The lowest BCUT2D eigenvalue weighted by Crippen LogP contribution is -2.25. The maximum atomic E-state index is 12.5. The number of sulfonamides is 1. The molecule has 0 radical (unpaired) electrons. The Morgan fingerprint density at radius 2 is 1.90 bits per heavy atom. The van der Waals surface area contributed by atoms with Crippen molar-refractivity contribution in [2.24, 2.45) is 0 Å². The van der Waals surface area contributed by atoms with Gasteiger partial charge >= 0.3 is 0 Å². The Morgan fingerprint density at radius 3 is 2.43 bits per heavy atom. The second-order valence-corrected chi connectivity index (χ2v) is 9.04. The summed E-state index contributed by atoms with van der Waals surface area (Å²) < 4.78 is 27.6. The highest BCUT2D eigenvalue weighted by atomic mass is 79.9. The Balaban J connectivity index is 2.23. The summed E-state index contributed by atoms with van der Waals surface area (Å²) in [6.45, 7) is 1.97. The number of hydrogen-bond acceptors (Lipinski definition) is 4. The van der Waals surface area contributed by atoms with Crippen LogP contribution in [0.5, 0.6) is 0 Å². The van der Waals surface area contributed by atoms with E-state index in [1.54, 1.807) is 20.0 Å². The van der Waals surface area contributed by atoms with Crippen LogP contribution in [0.15, 0.2) is 39.0 Å². The van der Waals surface area contributed by atoms with Crippen LogP contribution >= 0.6 is 27.3 Å². The van der Waals surface area contributed by atoms with Gasteiger partial charge in [-0.3, -0.25) is 0 Å². The minimum Gasteiger partial charge on any atom is -0.391 e. The largest absolute Gasteiger partial charge is 0.391 e. The van der Waals surface area contributed by atoms with Gasteiger partial charge in [-0.25, -0.2) is 8.42 Å². The molecule has 0 aliphatic heterocycles. The molecule has 7 heteroatoms. The summed E-state index contributed by atoms with van der Waals surface area (Å²) in [7, 11) is -1.97. The number of halogens is 1. The third-order valence-corrected chi connectivity index (χ3v) is 7.13. The SMILES string of the molecule is Cc1cc(S(=O)(=O)N(C)Cc2ccc(Br)cc2)sc1CO. The van der Waals surface area contributed by atoms with Crippen LogP contribution in [0.4, 0.5) is 0 Å². The highest BCUT2D eigenvalue weighted by Crippen LogP contribution is 2.28. The number of rotatable bonds is 5. The standard InChI is InChI=1S/C14H16BrNO3S2/c1-10-7-14(20-13(10)9-17)21(18,19)16(2)8-11-3-5-12(15)6-4-11/h3-7,17H,8-9H2,1-2H3. The molecule has 4 nitrogen and oxygen atoms in total. The van der Waals surface area contributed by atoms with Crippen molar-refractivity contribution in [2.45, 2.75) is 24.3 Å². The molecule has 0 atom stereocenters. The lowest BCUT2D eigenvalue weighted by molar-refractivity contribution is 0.285. The molecule has 1 aromatic carbocycles. The van der Waals surface area contributed by atoms with Crippen LogP contribution in [-0.4, -0.2) is 24.9 Å². The molecule has 1 N–H and O–H groups in total. The van der Waals surface area contributed by atoms with E-state index in [9.17, 15) is 13.5 Å². The van der Waals surface area contributed by atoms with E-state index in [4.69, 9.17) is 0 Å². The van der Waals surface area contributed by atoms with Gasteiger partial charge in [-0.1, -0.05) is 28.1 Å². The van der Waals surface area contributed by atoms with E-state index < -0.39 is 10.0 Å². The van der Waals surface area contributed by atoms with E-state index >= 15 is 0 Å². The van der Waals surface area contributed by atoms with E-state index in [1.807, 2.05) is 24.3 Å². The average molecular weight is 390 g/mol. The lowest BCUT2D eigenvalue weighted by atomic mass is 10.2. The maximum Gasteiger partial charge on any atom is 0.252 e. The first-order chi connectivity index (χ1) is 9.84. The molecule has 0 unspecified atom stereocenters. The highest BCUT2D eigenvalue weighted by Gasteiger charge is 2.24. The third-order valence-electron chi connectivity index (χ3n) is 3.12. The zero-order chi connectivity index (χ0) is 15.6. The number of nitrogens with zero attached hydrogens (tertiary/aromatic N) is 1. The van der Waals surface area contributed by atoms with Crippen LogP contribution in [0.1, 0.15) is 16.0 Å². The van der Waals surface area contributed by atoms with Crippen molar-refractivity contribution in [1.29, 1.82) is 0 Å². The lowest BCUT2D eigenvalue weighted by Gasteiger charge is -2.16. The van der Waals surface area contributed by atoms with E-state index in [2.05, 4.69) is 15.9 Å². The van der Waals surface area contributed by atoms with Crippen molar-refractivity contribution < 1.29 is 13.5 Å². The first-order valence-electron chi connectivity index (χ1n) is 6.25. The number of benzene rings is 1. The van der Waals surface area contributed by atoms with Crippen LogP contribution in [-0.2, 0) is 23.2 Å². The van der Waals surface area contributed by atoms with Crippen molar-refractivity contribution in [1.82, 2.24) is 4.31 Å². The Kier molecular flexibility index (Phi) is 5.21. The normalized spacial score (nSPS) is 12.0. The van der Waals surface area contributed by atoms with Crippen molar-refractivity contribution in [3.63, 3.8) is 0 Å². The van der Waals surface area contributed by atoms with E-state index in [0.29, 0.717) is 11.4 Å². The molecule has 0 spiro atoms. The number of aliphatic hydroxyl groups is 1. The van der Waals surface area contributed by atoms with Gasteiger partial charge in [0, 0.05) is 22.9 Å². The molecule has 21 heavy (non-hydrogen) atoms. The molecule has 0 aliphatic rings. The summed E-state index contributed by atoms with van der Waals surface area (Å²) in [4.78, 5) is 0.686. The van der Waals surface area contributed by atoms with Crippen LogP contribution in [0, 0.1) is 6.92 Å². The Bertz CT molecular complexity index is 723. The van der Waals surface area contributed by atoms with E-state index in [-0.39, 0.29) is 10.8 Å². The van der Waals surface area contributed by atoms with Gasteiger partial charge in [0.1, 0.15) is 4.21 Å². The molecule has 0 fully saturated rings. The smallest absolute Gasteiger partial charge is 0.252 e. The van der Waals surface area contributed by atoms with Gasteiger partial charge in [0.15, 0.2) is 0 Å². The topological polar surface area (TPSA) is 57.6 Å². The summed E-state index contributed by atoms with van der Waals surface area (Å²) in [5.74, 6) is 0. The zero-order valence-corrected chi connectivity index (χ0v) is 14.9. The van der Waals surface area contributed by atoms with Gasteiger partial charge in [0.25, 0.3) is 10.0 Å². The molecule has 0 amide bonds. The van der Waals surface area contributed by atoms with Gasteiger partial charge < -0.3 is 5.11 Å². The average Bonchev–Trinajstić information content (AvgIpc) is 2.83. The third kappa shape index (κ3) is 3.73.